The van der Waals surface area contributed by atoms with Crippen molar-refractivity contribution in [1.82, 2.24) is 5.32 Å². The Morgan fingerprint density at radius 3 is 2.29 bits per heavy atom. The fourth-order valence-corrected chi connectivity index (χ4v) is 2.92. The van der Waals surface area contributed by atoms with Crippen molar-refractivity contribution >= 4 is 9.84 Å². The van der Waals surface area contributed by atoms with Gasteiger partial charge in [0.2, 0.25) is 0 Å². The zero-order chi connectivity index (χ0) is 13.3. The second-order valence-electron chi connectivity index (χ2n) is 5.22. The van der Waals surface area contributed by atoms with Crippen molar-refractivity contribution in [1.29, 1.82) is 0 Å². The van der Waals surface area contributed by atoms with Crippen molar-refractivity contribution in [2.24, 2.45) is 11.8 Å². The summed E-state index contributed by atoms with van der Waals surface area (Å²) < 4.78 is 23.0. The van der Waals surface area contributed by atoms with Gasteiger partial charge < -0.3 is 5.32 Å². The molecule has 0 saturated carbocycles. The molecule has 0 aromatic heterocycles. The molecule has 0 bridgehead atoms. The molecule has 0 radical (unpaired) electrons. The standard InChI is InChI=1S/C13H29NO2S/c1-5-8-14-11-13(10-12(3)4)7-9-17(15,16)6-2/h12-14H,5-11H2,1-4H3. The first-order chi connectivity index (χ1) is 7.91. The van der Waals surface area contributed by atoms with Crippen LogP contribution in [0.4, 0.5) is 0 Å². The fourth-order valence-electron chi connectivity index (χ4n) is 1.94. The second kappa shape index (κ2) is 8.92. The van der Waals surface area contributed by atoms with E-state index in [1.54, 1.807) is 6.92 Å². The van der Waals surface area contributed by atoms with Gasteiger partial charge in [-0.1, -0.05) is 27.7 Å². The topological polar surface area (TPSA) is 46.2 Å². The van der Waals surface area contributed by atoms with E-state index in [0.717, 1.165) is 32.4 Å². The molecule has 1 atom stereocenters. The van der Waals surface area contributed by atoms with Crippen LogP contribution in [0.1, 0.15) is 47.0 Å². The van der Waals surface area contributed by atoms with Gasteiger partial charge in [-0.3, -0.25) is 0 Å². The summed E-state index contributed by atoms with van der Waals surface area (Å²) in [6, 6.07) is 0. The minimum absolute atomic E-state index is 0.268. The summed E-state index contributed by atoms with van der Waals surface area (Å²) in [6.45, 7) is 10.2. The molecule has 0 heterocycles. The zero-order valence-electron chi connectivity index (χ0n) is 11.8. The highest BCUT2D eigenvalue weighted by Gasteiger charge is 2.15. The van der Waals surface area contributed by atoms with E-state index < -0.39 is 9.84 Å². The van der Waals surface area contributed by atoms with Crippen LogP contribution in [0.2, 0.25) is 0 Å². The molecule has 0 rings (SSSR count). The van der Waals surface area contributed by atoms with Crippen LogP contribution in [0.25, 0.3) is 0 Å². The van der Waals surface area contributed by atoms with E-state index in [1.807, 2.05) is 0 Å². The van der Waals surface area contributed by atoms with E-state index in [1.165, 1.54) is 0 Å². The smallest absolute Gasteiger partial charge is 0.150 e. The highest BCUT2D eigenvalue weighted by Crippen LogP contribution is 2.16. The van der Waals surface area contributed by atoms with Gasteiger partial charge in [0.05, 0.1) is 5.75 Å². The summed E-state index contributed by atoms with van der Waals surface area (Å²) in [5.74, 6) is 1.73. The van der Waals surface area contributed by atoms with Crippen LogP contribution in [-0.2, 0) is 9.84 Å². The summed E-state index contributed by atoms with van der Waals surface area (Å²) in [7, 11) is -2.81. The van der Waals surface area contributed by atoms with E-state index in [4.69, 9.17) is 0 Å². The molecule has 0 spiro atoms. The third-order valence-corrected chi connectivity index (χ3v) is 4.68. The van der Waals surface area contributed by atoms with Gasteiger partial charge >= 0.3 is 0 Å². The van der Waals surface area contributed by atoms with Gasteiger partial charge in [-0.15, -0.1) is 0 Å². The average molecular weight is 263 g/mol. The van der Waals surface area contributed by atoms with Gasteiger partial charge in [0.15, 0.2) is 0 Å². The maximum atomic E-state index is 11.5. The van der Waals surface area contributed by atoms with Crippen molar-refractivity contribution in [2.75, 3.05) is 24.6 Å². The van der Waals surface area contributed by atoms with E-state index in [-0.39, 0.29) is 5.75 Å². The lowest BCUT2D eigenvalue weighted by Crippen LogP contribution is -2.26. The number of nitrogens with one attached hydrogen (secondary N) is 1. The Morgan fingerprint density at radius 1 is 1.18 bits per heavy atom. The van der Waals surface area contributed by atoms with Crippen LogP contribution < -0.4 is 5.32 Å². The Kier molecular flexibility index (Phi) is 8.88. The Bertz CT molecular complexity index is 273. The first kappa shape index (κ1) is 16.9. The number of hydrogen-bond acceptors (Lipinski definition) is 3. The Labute approximate surface area is 107 Å². The highest BCUT2D eigenvalue weighted by molar-refractivity contribution is 7.91. The molecule has 0 saturated heterocycles. The molecule has 0 aromatic carbocycles. The van der Waals surface area contributed by atoms with Crippen LogP contribution in [0.3, 0.4) is 0 Å². The lowest BCUT2D eigenvalue weighted by atomic mass is 9.95. The molecule has 0 aliphatic carbocycles. The van der Waals surface area contributed by atoms with Gasteiger partial charge in [-0.25, -0.2) is 8.42 Å². The molecule has 104 valence electrons. The average Bonchev–Trinajstić information content (AvgIpc) is 2.25. The van der Waals surface area contributed by atoms with E-state index in [0.29, 0.717) is 17.6 Å². The van der Waals surface area contributed by atoms with Crippen LogP contribution in [0, 0.1) is 11.8 Å². The first-order valence-corrected chi connectivity index (χ1v) is 8.64. The monoisotopic (exact) mass is 263 g/mol. The van der Waals surface area contributed by atoms with Crippen LogP contribution in [-0.4, -0.2) is 33.0 Å². The van der Waals surface area contributed by atoms with Gasteiger partial charge in [-0.2, -0.15) is 0 Å². The Hall–Kier alpha value is -0.0900. The third kappa shape index (κ3) is 9.60. The molecular weight excluding hydrogens is 234 g/mol. The van der Waals surface area contributed by atoms with Crippen molar-refractivity contribution < 1.29 is 8.42 Å². The van der Waals surface area contributed by atoms with Gasteiger partial charge in [0.25, 0.3) is 0 Å². The molecule has 0 aromatic rings. The summed E-state index contributed by atoms with van der Waals surface area (Å²) in [5, 5.41) is 3.40. The van der Waals surface area contributed by atoms with Crippen LogP contribution in [0.15, 0.2) is 0 Å². The summed E-state index contributed by atoms with van der Waals surface area (Å²) in [6.07, 6.45) is 3.03. The Balaban J connectivity index is 4.09. The minimum Gasteiger partial charge on any atom is -0.316 e. The zero-order valence-corrected chi connectivity index (χ0v) is 12.6. The maximum Gasteiger partial charge on any atom is 0.150 e. The normalized spacial score (nSPS) is 14.2. The first-order valence-electron chi connectivity index (χ1n) is 6.82. The number of hydrogen-bond donors (Lipinski definition) is 1. The van der Waals surface area contributed by atoms with E-state index >= 15 is 0 Å². The molecule has 17 heavy (non-hydrogen) atoms. The Morgan fingerprint density at radius 2 is 1.82 bits per heavy atom. The molecule has 0 aliphatic heterocycles. The summed E-state index contributed by atoms with van der Waals surface area (Å²) >= 11 is 0. The maximum absolute atomic E-state index is 11.5. The van der Waals surface area contributed by atoms with Gasteiger partial charge in [-0.05, 0) is 44.2 Å². The van der Waals surface area contributed by atoms with E-state index in [9.17, 15) is 8.42 Å². The molecule has 3 nitrogen and oxygen atoms in total. The lowest BCUT2D eigenvalue weighted by molar-refractivity contribution is 0.378. The third-order valence-electron chi connectivity index (χ3n) is 2.94. The van der Waals surface area contributed by atoms with Crippen molar-refractivity contribution in [2.45, 2.75) is 47.0 Å². The molecule has 4 heteroatoms. The van der Waals surface area contributed by atoms with Gasteiger partial charge in [0.1, 0.15) is 9.84 Å². The summed E-state index contributed by atoms with van der Waals surface area (Å²) in [5.41, 5.74) is 0. The van der Waals surface area contributed by atoms with Crippen LogP contribution >= 0.6 is 0 Å². The minimum atomic E-state index is -2.81. The summed E-state index contributed by atoms with van der Waals surface area (Å²) in [4.78, 5) is 0. The molecule has 1 unspecified atom stereocenters. The SMILES string of the molecule is CCCNCC(CCS(=O)(=O)CC)CC(C)C. The van der Waals surface area contributed by atoms with Crippen molar-refractivity contribution in [3.05, 3.63) is 0 Å². The fraction of sp³-hybridized carbons (Fsp3) is 1.00. The molecule has 0 aliphatic rings. The predicted molar refractivity (Wildman–Crippen MR) is 75.1 cm³/mol. The largest absolute Gasteiger partial charge is 0.316 e. The van der Waals surface area contributed by atoms with Crippen molar-refractivity contribution in [3.8, 4) is 0 Å². The molecule has 1 N–H and O–H groups in total. The highest BCUT2D eigenvalue weighted by atomic mass is 32.2. The van der Waals surface area contributed by atoms with Crippen molar-refractivity contribution in [3.63, 3.8) is 0 Å². The van der Waals surface area contributed by atoms with E-state index in [2.05, 4.69) is 26.1 Å². The second-order valence-corrected chi connectivity index (χ2v) is 7.70. The molecule has 0 amide bonds. The number of rotatable bonds is 10. The molecular formula is C13H29NO2S. The van der Waals surface area contributed by atoms with Gasteiger partial charge in [0, 0.05) is 5.75 Å². The van der Waals surface area contributed by atoms with Crippen LogP contribution in [0.5, 0.6) is 0 Å². The predicted octanol–water partition coefficient (Wildman–Crippen LogP) is 2.47. The quantitative estimate of drug-likeness (QED) is 0.616. The lowest BCUT2D eigenvalue weighted by Gasteiger charge is -2.19. The molecule has 0 fully saturated rings. The number of sulfone groups is 1.